The molecule has 0 aliphatic rings. The monoisotopic (exact) mass is 418 g/mol. The lowest BCUT2D eigenvalue weighted by Crippen LogP contribution is -2.32. The first-order chi connectivity index (χ1) is 14.8. The van der Waals surface area contributed by atoms with Crippen molar-refractivity contribution in [1.82, 2.24) is 9.99 Å². The second kappa shape index (κ2) is 9.30. The normalized spacial score (nSPS) is 10.9. The van der Waals surface area contributed by atoms with Gasteiger partial charge < -0.3 is 14.6 Å². The molecule has 0 fully saturated rings. The van der Waals surface area contributed by atoms with Gasteiger partial charge in [0.05, 0.1) is 13.3 Å². The summed E-state index contributed by atoms with van der Waals surface area (Å²) in [5, 5.41) is 6.55. The van der Waals surface area contributed by atoms with E-state index in [1.54, 1.807) is 19.2 Å². The van der Waals surface area contributed by atoms with Crippen LogP contribution in [-0.2, 0) is 9.59 Å². The number of methoxy groups -OCH3 is 1. The number of hydrogen-bond acceptors (Lipinski definition) is 4. The highest BCUT2D eigenvalue weighted by Gasteiger charge is 2.14. The number of carbonyl (C=O) groups excluding carboxylic acids is 2. The van der Waals surface area contributed by atoms with Gasteiger partial charge in [0.1, 0.15) is 5.75 Å². The Morgan fingerprint density at radius 2 is 1.58 bits per heavy atom. The van der Waals surface area contributed by atoms with E-state index in [1.165, 1.54) is 6.21 Å². The number of hydrogen-bond donors (Lipinski definition) is 2. The lowest BCUT2D eigenvalue weighted by atomic mass is 10.1. The van der Waals surface area contributed by atoms with Crippen molar-refractivity contribution in [2.45, 2.75) is 27.7 Å². The maximum atomic E-state index is 12.1. The number of nitrogens with zero attached hydrogens (tertiary/aromatic N) is 2. The van der Waals surface area contributed by atoms with E-state index in [-0.39, 0.29) is 0 Å². The number of amides is 2. The number of benzene rings is 2. The summed E-state index contributed by atoms with van der Waals surface area (Å²) < 4.78 is 7.29. The summed E-state index contributed by atoms with van der Waals surface area (Å²) in [5.41, 5.74) is 8.66. The summed E-state index contributed by atoms with van der Waals surface area (Å²) in [5.74, 6) is -0.819. The van der Waals surface area contributed by atoms with Gasteiger partial charge >= 0.3 is 11.8 Å². The summed E-state index contributed by atoms with van der Waals surface area (Å²) in [6.45, 7) is 7.81. The fraction of sp³-hybridized carbons (Fsp3) is 0.208. The Balaban J connectivity index is 1.67. The van der Waals surface area contributed by atoms with Gasteiger partial charge in [-0.1, -0.05) is 6.07 Å². The Labute approximate surface area is 181 Å². The molecule has 31 heavy (non-hydrogen) atoms. The van der Waals surface area contributed by atoms with Gasteiger partial charge in [0, 0.05) is 28.3 Å². The average molecular weight is 418 g/mol. The van der Waals surface area contributed by atoms with Gasteiger partial charge in [-0.2, -0.15) is 5.10 Å². The van der Waals surface area contributed by atoms with Crippen LogP contribution in [0.3, 0.4) is 0 Å². The Bertz CT molecular complexity index is 1120. The first-order valence-electron chi connectivity index (χ1n) is 9.84. The molecule has 0 bridgehead atoms. The molecule has 2 amide bonds. The predicted octanol–water partition coefficient (Wildman–Crippen LogP) is 3.81. The third-order valence-electron chi connectivity index (χ3n) is 4.86. The van der Waals surface area contributed by atoms with Crippen molar-refractivity contribution in [3.8, 4) is 11.4 Å². The fourth-order valence-corrected chi connectivity index (χ4v) is 3.49. The summed E-state index contributed by atoms with van der Waals surface area (Å²) in [6, 6.07) is 15.3. The molecule has 0 saturated carbocycles. The van der Waals surface area contributed by atoms with Crippen molar-refractivity contribution in [3.63, 3.8) is 0 Å². The van der Waals surface area contributed by atoms with Crippen molar-refractivity contribution in [1.29, 1.82) is 0 Å². The number of ether oxygens (including phenoxy) is 1. The molecule has 7 heteroatoms. The van der Waals surface area contributed by atoms with Crippen LogP contribution < -0.4 is 15.5 Å². The van der Waals surface area contributed by atoms with Crippen molar-refractivity contribution >= 4 is 23.7 Å². The SMILES string of the molecule is COc1ccc(-n2c(C)cc(/C=N\NC(=O)C(=O)Nc3cc(C)cc(C)c3)c2C)cc1. The molecule has 0 atom stereocenters. The molecule has 0 spiro atoms. The lowest BCUT2D eigenvalue weighted by molar-refractivity contribution is -0.136. The number of aryl methyl sites for hydroxylation is 3. The minimum absolute atomic E-state index is 0.574. The van der Waals surface area contributed by atoms with Crippen LogP contribution in [0.4, 0.5) is 5.69 Å². The average Bonchev–Trinajstić information content (AvgIpc) is 3.00. The topological polar surface area (TPSA) is 84.7 Å². The molecular formula is C24H26N4O3. The largest absolute Gasteiger partial charge is 0.497 e. The molecular weight excluding hydrogens is 392 g/mol. The second-order valence-corrected chi connectivity index (χ2v) is 7.39. The minimum Gasteiger partial charge on any atom is -0.497 e. The maximum Gasteiger partial charge on any atom is 0.329 e. The van der Waals surface area contributed by atoms with Gasteiger partial charge in [0.25, 0.3) is 0 Å². The third kappa shape index (κ3) is 5.19. The highest BCUT2D eigenvalue weighted by atomic mass is 16.5. The molecule has 0 aliphatic carbocycles. The van der Waals surface area contributed by atoms with E-state index in [1.807, 2.05) is 64.1 Å². The molecule has 7 nitrogen and oxygen atoms in total. The van der Waals surface area contributed by atoms with Crippen LogP contribution in [0.25, 0.3) is 5.69 Å². The van der Waals surface area contributed by atoms with Crippen LogP contribution in [0.2, 0.25) is 0 Å². The van der Waals surface area contributed by atoms with Crippen molar-refractivity contribution in [3.05, 3.63) is 76.6 Å². The van der Waals surface area contributed by atoms with Gasteiger partial charge in [-0.05, 0) is 81.3 Å². The number of aromatic nitrogens is 1. The third-order valence-corrected chi connectivity index (χ3v) is 4.86. The highest BCUT2D eigenvalue weighted by Crippen LogP contribution is 2.22. The van der Waals surface area contributed by atoms with Crippen molar-refractivity contribution < 1.29 is 14.3 Å². The first-order valence-corrected chi connectivity index (χ1v) is 9.84. The number of anilines is 1. The predicted molar refractivity (Wildman–Crippen MR) is 122 cm³/mol. The summed E-state index contributed by atoms with van der Waals surface area (Å²) in [7, 11) is 1.63. The molecule has 1 heterocycles. The zero-order valence-corrected chi connectivity index (χ0v) is 18.3. The van der Waals surface area contributed by atoms with E-state index in [9.17, 15) is 9.59 Å². The van der Waals surface area contributed by atoms with Gasteiger partial charge in [-0.3, -0.25) is 9.59 Å². The molecule has 0 aliphatic heterocycles. The molecule has 2 aromatic carbocycles. The van der Waals surface area contributed by atoms with Crippen molar-refractivity contribution in [2.24, 2.45) is 5.10 Å². The highest BCUT2D eigenvalue weighted by molar-refractivity contribution is 6.39. The van der Waals surface area contributed by atoms with E-state index in [2.05, 4.69) is 20.4 Å². The molecule has 160 valence electrons. The van der Waals surface area contributed by atoms with E-state index in [0.717, 1.165) is 39.5 Å². The van der Waals surface area contributed by atoms with Crippen molar-refractivity contribution in [2.75, 3.05) is 12.4 Å². The first kappa shape index (κ1) is 21.8. The summed E-state index contributed by atoms with van der Waals surface area (Å²) in [4.78, 5) is 24.2. The van der Waals surface area contributed by atoms with Gasteiger partial charge in [0.15, 0.2) is 0 Å². The van der Waals surface area contributed by atoms with E-state index < -0.39 is 11.8 Å². The summed E-state index contributed by atoms with van der Waals surface area (Å²) in [6.07, 6.45) is 1.53. The van der Waals surface area contributed by atoms with Gasteiger partial charge in [-0.15, -0.1) is 0 Å². The summed E-state index contributed by atoms with van der Waals surface area (Å²) >= 11 is 0. The quantitative estimate of drug-likeness (QED) is 0.375. The molecule has 0 saturated heterocycles. The number of carbonyl (C=O) groups is 2. The van der Waals surface area contributed by atoms with Crippen LogP contribution in [0.5, 0.6) is 5.75 Å². The fourth-order valence-electron chi connectivity index (χ4n) is 3.49. The van der Waals surface area contributed by atoms with Crippen LogP contribution >= 0.6 is 0 Å². The van der Waals surface area contributed by atoms with Crippen LogP contribution in [0, 0.1) is 27.7 Å². The minimum atomic E-state index is -0.834. The van der Waals surface area contributed by atoms with E-state index in [4.69, 9.17) is 4.74 Å². The zero-order valence-electron chi connectivity index (χ0n) is 18.3. The standard InChI is InChI=1S/C24H26N4O3/c1-15-10-16(2)12-20(11-15)26-23(29)24(30)27-25-14-19-13-17(3)28(18(19)4)21-6-8-22(31-5)9-7-21/h6-14H,1-5H3,(H,26,29)(H,27,30)/b25-14-. The molecule has 3 aromatic rings. The Hall–Kier alpha value is -3.87. The molecule has 1 aromatic heterocycles. The smallest absolute Gasteiger partial charge is 0.329 e. The van der Waals surface area contributed by atoms with Gasteiger partial charge in [0.2, 0.25) is 0 Å². The number of rotatable bonds is 5. The Morgan fingerprint density at radius 3 is 2.19 bits per heavy atom. The maximum absolute atomic E-state index is 12.1. The van der Waals surface area contributed by atoms with Crippen LogP contribution in [0.15, 0.2) is 53.6 Å². The molecule has 0 unspecified atom stereocenters. The van der Waals surface area contributed by atoms with Crippen LogP contribution in [-0.4, -0.2) is 29.7 Å². The van der Waals surface area contributed by atoms with Crippen LogP contribution in [0.1, 0.15) is 28.1 Å². The second-order valence-electron chi connectivity index (χ2n) is 7.39. The number of hydrazone groups is 1. The molecule has 2 N–H and O–H groups in total. The molecule has 3 rings (SSSR count). The number of nitrogens with one attached hydrogen (secondary N) is 2. The van der Waals surface area contributed by atoms with Gasteiger partial charge in [-0.25, -0.2) is 5.43 Å². The Morgan fingerprint density at radius 1 is 0.935 bits per heavy atom. The Kier molecular flexibility index (Phi) is 6.55. The zero-order chi connectivity index (χ0) is 22.5. The lowest BCUT2D eigenvalue weighted by Gasteiger charge is -2.10. The molecule has 0 radical (unpaired) electrons. The van der Waals surface area contributed by atoms with E-state index in [0.29, 0.717) is 5.69 Å². The van der Waals surface area contributed by atoms with E-state index >= 15 is 0 Å².